The van der Waals surface area contributed by atoms with E-state index >= 15 is 0 Å². The van der Waals surface area contributed by atoms with Crippen LogP contribution in [-0.4, -0.2) is 23.3 Å². The molecule has 20 heavy (non-hydrogen) atoms. The maximum absolute atomic E-state index is 5.89. The molecule has 0 bridgehead atoms. The first-order chi connectivity index (χ1) is 9.86. The summed E-state index contributed by atoms with van der Waals surface area (Å²) in [6, 6.07) is 0. The fourth-order valence-corrected chi connectivity index (χ4v) is 4.00. The molecule has 4 nitrogen and oxygen atoms in total. The van der Waals surface area contributed by atoms with Crippen LogP contribution in [0.5, 0.6) is 0 Å². The third-order valence-corrected chi connectivity index (χ3v) is 5.14. The molecule has 1 aromatic heterocycles. The van der Waals surface area contributed by atoms with Gasteiger partial charge >= 0.3 is 0 Å². The van der Waals surface area contributed by atoms with E-state index in [0.29, 0.717) is 5.92 Å². The Bertz CT molecular complexity index is 418. The van der Waals surface area contributed by atoms with Gasteiger partial charge in [0, 0.05) is 18.9 Å². The molecule has 1 N–H and O–H groups in total. The number of rotatable bonds is 5. The lowest BCUT2D eigenvalue weighted by atomic mass is 9.67. The van der Waals surface area contributed by atoms with Gasteiger partial charge in [-0.05, 0) is 37.6 Å². The van der Waals surface area contributed by atoms with Crippen molar-refractivity contribution in [3.8, 4) is 0 Å². The van der Waals surface area contributed by atoms with Crippen LogP contribution in [0.4, 0.5) is 0 Å². The summed E-state index contributed by atoms with van der Waals surface area (Å²) >= 11 is 0. The summed E-state index contributed by atoms with van der Waals surface area (Å²) in [5.74, 6) is 4.12. The molecular formula is C16H27N3O. The first-order valence-corrected chi connectivity index (χ1v) is 8.39. The van der Waals surface area contributed by atoms with Gasteiger partial charge in [0.05, 0.1) is 0 Å². The molecule has 2 saturated carbocycles. The maximum Gasteiger partial charge on any atom is 0.219 e. The van der Waals surface area contributed by atoms with Crippen LogP contribution in [0.2, 0.25) is 0 Å². The molecule has 0 aromatic carbocycles. The van der Waals surface area contributed by atoms with Crippen molar-refractivity contribution in [3.63, 3.8) is 0 Å². The first kappa shape index (κ1) is 14.1. The van der Waals surface area contributed by atoms with Crippen LogP contribution in [0.25, 0.3) is 0 Å². The third kappa shape index (κ3) is 3.22. The predicted molar refractivity (Wildman–Crippen MR) is 78.6 cm³/mol. The molecule has 2 fully saturated rings. The quantitative estimate of drug-likeness (QED) is 0.839. The highest BCUT2D eigenvalue weighted by molar-refractivity contribution is 4.97. The van der Waals surface area contributed by atoms with E-state index in [0.717, 1.165) is 43.1 Å². The van der Waals surface area contributed by atoms with Crippen molar-refractivity contribution in [1.29, 1.82) is 0 Å². The molecule has 1 heterocycles. The van der Waals surface area contributed by atoms with E-state index < -0.39 is 0 Å². The normalized spacial score (nSPS) is 30.1. The average molecular weight is 277 g/mol. The molecule has 0 saturated heterocycles. The fourth-order valence-electron chi connectivity index (χ4n) is 4.00. The molecule has 2 aliphatic carbocycles. The lowest BCUT2D eigenvalue weighted by Crippen LogP contribution is -2.26. The van der Waals surface area contributed by atoms with Crippen molar-refractivity contribution >= 4 is 0 Å². The molecule has 4 heteroatoms. The van der Waals surface area contributed by atoms with Gasteiger partial charge in [0.15, 0.2) is 0 Å². The molecule has 0 spiro atoms. The van der Waals surface area contributed by atoms with Gasteiger partial charge in [0.1, 0.15) is 0 Å². The molecule has 1 aromatic rings. The number of hydrogen-bond donors (Lipinski definition) is 1. The van der Waals surface area contributed by atoms with Crippen molar-refractivity contribution in [2.75, 3.05) is 13.1 Å². The fraction of sp³-hybridized carbons (Fsp3) is 0.875. The Morgan fingerprint density at radius 1 is 1.10 bits per heavy atom. The monoisotopic (exact) mass is 277 g/mol. The Labute approximate surface area is 121 Å². The highest BCUT2D eigenvalue weighted by atomic mass is 16.4. The second-order valence-corrected chi connectivity index (χ2v) is 6.45. The molecule has 0 radical (unpaired) electrons. The molecular weight excluding hydrogens is 250 g/mol. The molecule has 0 amide bonds. The van der Waals surface area contributed by atoms with E-state index in [1.807, 2.05) is 0 Å². The number of likely N-dealkylation sites (N-methyl/N-ethyl adjacent to an activating group) is 1. The van der Waals surface area contributed by atoms with Crippen molar-refractivity contribution in [1.82, 2.24) is 15.5 Å². The molecule has 2 aliphatic rings. The largest absolute Gasteiger partial charge is 0.425 e. The van der Waals surface area contributed by atoms with E-state index in [1.165, 1.54) is 44.9 Å². The number of hydrogen-bond acceptors (Lipinski definition) is 4. The predicted octanol–water partition coefficient (Wildman–Crippen LogP) is 3.30. The van der Waals surface area contributed by atoms with Gasteiger partial charge in [-0.15, -0.1) is 10.2 Å². The minimum Gasteiger partial charge on any atom is -0.425 e. The highest BCUT2D eigenvalue weighted by Gasteiger charge is 2.34. The Morgan fingerprint density at radius 2 is 1.95 bits per heavy atom. The average Bonchev–Trinajstić information content (AvgIpc) is 2.96. The van der Waals surface area contributed by atoms with Gasteiger partial charge in [-0.2, -0.15) is 0 Å². The van der Waals surface area contributed by atoms with Gasteiger partial charge in [-0.1, -0.05) is 32.6 Å². The summed E-state index contributed by atoms with van der Waals surface area (Å²) in [7, 11) is 0. The molecule has 3 atom stereocenters. The summed E-state index contributed by atoms with van der Waals surface area (Å²) in [5.41, 5.74) is 0. The van der Waals surface area contributed by atoms with Crippen LogP contribution in [-0.2, 0) is 6.42 Å². The number of nitrogens with one attached hydrogen (secondary N) is 1. The van der Waals surface area contributed by atoms with Crippen molar-refractivity contribution in [2.45, 2.75) is 64.2 Å². The summed E-state index contributed by atoms with van der Waals surface area (Å²) in [4.78, 5) is 0. The Kier molecular flexibility index (Phi) is 4.71. The van der Waals surface area contributed by atoms with Crippen LogP contribution in [0, 0.1) is 11.8 Å². The molecule has 0 aliphatic heterocycles. The van der Waals surface area contributed by atoms with E-state index in [-0.39, 0.29) is 0 Å². The zero-order chi connectivity index (χ0) is 13.8. The van der Waals surface area contributed by atoms with Gasteiger partial charge in [-0.25, -0.2) is 0 Å². The van der Waals surface area contributed by atoms with Gasteiger partial charge in [0.25, 0.3) is 0 Å². The second kappa shape index (κ2) is 6.70. The molecule has 3 unspecified atom stereocenters. The lowest BCUT2D eigenvalue weighted by Gasteiger charge is -2.38. The Morgan fingerprint density at radius 3 is 2.80 bits per heavy atom. The van der Waals surface area contributed by atoms with Crippen molar-refractivity contribution in [3.05, 3.63) is 11.8 Å². The SMILES string of the molecule is CCNCCc1nnc(C2CCC3CCCCC3C2)o1. The first-order valence-electron chi connectivity index (χ1n) is 8.39. The number of fused-ring (bicyclic) bond motifs is 1. The van der Waals surface area contributed by atoms with E-state index in [9.17, 15) is 0 Å². The van der Waals surface area contributed by atoms with Crippen LogP contribution >= 0.6 is 0 Å². The van der Waals surface area contributed by atoms with Gasteiger partial charge in [0.2, 0.25) is 11.8 Å². The number of nitrogens with zero attached hydrogens (tertiary/aromatic N) is 2. The summed E-state index contributed by atoms with van der Waals surface area (Å²) in [5, 5.41) is 11.8. The van der Waals surface area contributed by atoms with Gasteiger partial charge < -0.3 is 9.73 Å². The summed E-state index contributed by atoms with van der Waals surface area (Å²) in [6.07, 6.45) is 10.5. The summed E-state index contributed by atoms with van der Waals surface area (Å²) in [6.45, 7) is 4.03. The molecule has 112 valence electrons. The van der Waals surface area contributed by atoms with Crippen LogP contribution < -0.4 is 5.32 Å². The zero-order valence-corrected chi connectivity index (χ0v) is 12.6. The van der Waals surface area contributed by atoms with Crippen LogP contribution in [0.1, 0.15) is 69.6 Å². The van der Waals surface area contributed by atoms with E-state index in [4.69, 9.17) is 4.42 Å². The molecule has 3 rings (SSSR count). The van der Waals surface area contributed by atoms with Crippen molar-refractivity contribution in [2.24, 2.45) is 11.8 Å². The van der Waals surface area contributed by atoms with Crippen molar-refractivity contribution < 1.29 is 4.42 Å². The zero-order valence-electron chi connectivity index (χ0n) is 12.6. The second-order valence-electron chi connectivity index (χ2n) is 6.45. The minimum atomic E-state index is 0.523. The van der Waals surface area contributed by atoms with E-state index in [2.05, 4.69) is 22.4 Å². The number of aromatic nitrogens is 2. The van der Waals surface area contributed by atoms with Crippen LogP contribution in [0.3, 0.4) is 0 Å². The van der Waals surface area contributed by atoms with E-state index in [1.54, 1.807) is 0 Å². The summed E-state index contributed by atoms with van der Waals surface area (Å²) < 4.78 is 5.89. The van der Waals surface area contributed by atoms with Crippen LogP contribution in [0.15, 0.2) is 4.42 Å². The smallest absolute Gasteiger partial charge is 0.219 e. The Hall–Kier alpha value is -0.900. The highest BCUT2D eigenvalue weighted by Crippen LogP contribution is 2.45. The third-order valence-electron chi connectivity index (χ3n) is 5.14. The minimum absolute atomic E-state index is 0.523. The maximum atomic E-state index is 5.89. The standard InChI is InChI=1S/C16H27N3O/c1-2-17-10-9-15-18-19-16(20-15)14-8-7-12-5-3-4-6-13(12)11-14/h12-14,17H,2-11H2,1H3. The Balaban J connectivity index is 1.56. The van der Waals surface area contributed by atoms with Gasteiger partial charge in [-0.3, -0.25) is 0 Å². The lowest BCUT2D eigenvalue weighted by molar-refractivity contribution is 0.145. The topological polar surface area (TPSA) is 51.0 Å².